The van der Waals surface area contributed by atoms with Crippen LogP contribution in [-0.2, 0) is 17.5 Å². The summed E-state index contributed by atoms with van der Waals surface area (Å²) in [6.07, 6.45) is 1.08. The Kier molecular flexibility index (Phi) is 5.11. The molecule has 1 aromatic heterocycles. The van der Waals surface area contributed by atoms with Crippen molar-refractivity contribution in [2.75, 3.05) is 13.7 Å². The maximum Gasteiger partial charge on any atom is 0.142 e. The fraction of sp³-hybridized carbons (Fsp3) is 0.800. The maximum atomic E-state index is 5.05. The monoisotopic (exact) mass is 229 g/mol. The highest BCUT2D eigenvalue weighted by Crippen LogP contribution is 2.18. The lowest BCUT2D eigenvalue weighted by molar-refractivity contribution is 0.195. The SMILES string of the molecule is COCCC(C)SCc1nnc(C)n1C. The molecule has 0 fully saturated rings. The van der Waals surface area contributed by atoms with E-state index in [0.29, 0.717) is 5.25 Å². The van der Waals surface area contributed by atoms with Crippen LogP contribution in [-0.4, -0.2) is 33.7 Å². The van der Waals surface area contributed by atoms with Gasteiger partial charge in [-0.1, -0.05) is 6.92 Å². The van der Waals surface area contributed by atoms with Crippen LogP contribution in [0.2, 0.25) is 0 Å². The largest absolute Gasteiger partial charge is 0.385 e. The highest BCUT2D eigenvalue weighted by molar-refractivity contribution is 7.99. The molecule has 0 bridgehead atoms. The molecule has 0 aliphatic rings. The second-order valence-electron chi connectivity index (χ2n) is 3.63. The van der Waals surface area contributed by atoms with Crippen LogP contribution in [0.4, 0.5) is 0 Å². The second-order valence-corrected chi connectivity index (χ2v) is 5.05. The number of methoxy groups -OCH3 is 1. The second kappa shape index (κ2) is 6.12. The fourth-order valence-corrected chi connectivity index (χ4v) is 2.11. The molecule has 1 rings (SSSR count). The summed E-state index contributed by atoms with van der Waals surface area (Å²) >= 11 is 1.89. The zero-order valence-corrected chi connectivity index (χ0v) is 10.7. The van der Waals surface area contributed by atoms with Crippen molar-refractivity contribution >= 4 is 11.8 Å². The first-order chi connectivity index (χ1) is 7.15. The molecule has 1 unspecified atom stereocenters. The summed E-state index contributed by atoms with van der Waals surface area (Å²) in [7, 11) is 3.74. The first-order valence-electron chi connectivity index (χ1n) is 5.10. The van der Waals surface area contributed by atoms with Gasteiger partial charge in [-0.05, 0) is 13.3 Å². The number of aromatic nitrogens is 3. The molecule has 4 nitrogen and oxygen atoms in total. The molecular formula is C10H19N3OS. The highest BCUT2D eigenvalue weighted by Gasteiger charge is 2.08. The average molecular weight is 229 g/mol. The van der Waals surface area contributed by atoms with Crippen LogP contribution in [0.1, 0.15) is 25.0 Å². The molecule has 1 atom stereocenters. The van der Waals surface area contributed by atoms with Gasteiger partial charge in [0.05, 0.1) is 5.75 Å². The van der Waals surface area contributed by atoms with Gasteiger partial charge in [-0.25, -0.2) is 0 Å². The van der Waals surface area contributed by atoms with E-state index in [0.717, 1.165) is 30.4 Å². The predicted molar refractivity (Wildman–Crippen MR) is 63.0 cm³/mol. The van der Waals surface area contributed by atoms with Crippen molar-refractivity contribution in [1.82, 2.24) is 14.8 Å². The van der Waals surface area contributed by atoms with Crippen LogP contribution >= 0.6 is 11.8 Å². The van der Waals surface area contributed by atoms with Gasteiger partial charge in [-0.3, -0.25) is 0 Å². The van der Waals surface area contributed by atoms with Crippen LogP contribution in [0.25, 0.3) is 0 Å². The molecule has 0 N–H and O–H groups in total. The van der Waals surface area contributed by atoms with Crippen molar-refractivity contribution in [2.24, 2.45) is 7.05 Å². The molecule has 0 amide bonds. The van der Waals surface area contributed by atoms with Crippen LogP contribution < -0.4 is 0 Å². The predicted octanol–water partition coefficient (Wildman–Crippen LogP) is 1.78. The summed E-state index contributed by atoms with van der Waals surface area (Å²) in [5, 5.41) is 8.76. The maximum absolute atomic E-state index is 5.05. The third-order valence-electron chi connectivity index (χ3n) is 2.41. The minimum Gasteiger partial charge on any atom is -0.385 e. The van der Waals surface area contributed by atoms with E-state index in [-0.39, 0.29) is 0 Å². The normalized spacial score (nSPS) is 13.1. The number of nitrogens with zero attached hydrogens (tertiary/aromatic N) is 3. The van der Waals surface area contributed by atoms with Crippen molar-refractivity contribution in [3.8, 4) is 0 Å². The van der Waals surface area contributed by atoms with E-state index in [1.807, 2.05) is 30.3 Å². The van der Waals surface area contributed by atoms with Crippen LogP contribution in [0.15, 0.2) is 0 Å². The lowest BCUT2D eigenvalue weighted by atomic mass is 10.3. The summed E-state index contributed by atoms with van der Waals surface area (Å²) in [6.45, 7) is 5.01. The summed E-state index contributed by atoms with van der Waals surface area (Å²) in [5.74, 6) is 2.93. The number of ether oxygens (including phenoxy) is 1. The minimum absolute atomic E-state index is 0.599. The smallest absolute Gasteiger partial charge is 0.142 e. The summed E-state index contributed by atoms with van der Waals surface area (Å²) < 4.78 is 7.08. The summed E-state index contributed by atoms with van der Waals surface area (Å²) in [4.78, 5) is 0. The van der Waals surface area contributed by atoms with Crippen molar-refractivity contribution in [2.45, 2.75) is 31.3 Å². The third-order valence-corrected chi connectivity index (χ3v) is 3.64. The number of thioether (sulfide) groups is 1. The minimum atomic E-state index is 0.599. The summed E-state index contributed by atoms with van der Waals surface area (Å²) in [5.41, 5.74) is 0. The van der Waals surface area contributed by atoms with Gasteiger partial charge < -0.3 is 9.30 Å². The number of aryl methyl sites for hydroxylation is 1. The topological polar surface area (TPSA) is 39.9 Å². The van der Waals surface area contributed by atoms with Crippen molar-refractivity contribution in [1.29, 1.82) is 0 Å². The first-order valence-corrected chi connectivity index (χ1v) is 6.15. The number of hydrogen-bond donors (Lipinski definition) is 0. The van der Waals surface area contributed by atoms with Gasteiger partial charge in [0, 0.05) is 26.0 Å². The third kappa shape index (κ3) is 3.83. The van der Waals surface area contributed by atoms with Crippen LogP contribution in [0.5, 0.6) is 0 Å². The van der Waals surface area contributed by atoms with E-state index in [1.54, 1.807) is 7.11 Å². The zero-order valence-electron chi connectivity index (χ0n) is 9.86. The zero-order chi connectivity index (χ0) is 11.3. The van der Waals surface area contributed by atoms with Gasteiger partial charge in [0.25, 0.3) is 0 Å². The van der Waals surface area contributed by atoms with E-state index in [1.165, 1.54) is 0 Å². The van der Waals surface area contributed by atoms with E-state index >= 15 is 0 Å². The van der Waals surface area contributed by atoms with Crippen molar-refractivity contribution in [3.05, 3.63) is 11.6 Å². The first kappa shape index (κ1) is 12.5. The van der Waals surface area contributed by atoms with E-state index < -0.39 is 0 Å². The molecule has 5 heteroatoms. The molecule has 0 aliphatic carbocycles. The van der Waals surface area contributed by atoms with Crippen molar-refractivity contribution < 1.29 is 4.74 Å². The van der Waals surface area contributed by atoms with Gasteiger partial charge in [-0.2, -0.15) is 11.8 Å². The number of rotatable bonds is 6. The molecule has 15 heavy (non-hydrogen) atoms. The van der Waals surface area contributed by atoms with Gasteiger partial charge in [0.1, 0.15) is 11.6 Å². The van der Waals surface area contributed by atoms with E-state index in [4.69, 9.17) is 4.74 Å². The highest BCUT2D eigenvalue weighted by atomic mass is 32.2. The van der Waals surface area contributed by atoms with Gasteiger partial charge >= 0.3 is 0 Å². The standard InChI is InChI=1S/C10H19N3OS/c1-8(5-6-14-4)15-7-10-12-11-9(2)13(10)3/h8H,5-7H2,1-4H3. The van der Waals surface area contributed by atoms with E-state index in [9.17, 15) is 0 Å². The Morgan fingerprint density at radius 3 is 2.73 bits per heavy atom. The number of hydrogen-bond acceptors (Lipinski definition) is 4. The Morgan fingerprint density at radius 2 is 2.20 bits per heavy atom. The molecule has 86 valence electrons. The van der Waals surface area contributed by atoms with Gasteiger partial charge in [0.15, 0.2) is 0 Å². The molecule has 0 spiro atoms. The molecule has 0 aliphatic heterocycles. The Hall–Kier alpha value is -0.550. The average Bonchev–Trinajstić information content (AvgIpc) is 2.54. The van der Waals surface area contributed by atoms with Crippen LogP contribution in [0, 0.1) is 6.92 Å². The lowest BCUT2D eigenvalue weighted by Gasteiger charge is -2.09. The molecule has 0 saturated carbocycles. The van der Waals surface area contributed by atoms with Crippen LogP contribution in [0.3, 0.4) is 0 Å². The molecular weight excluding hydrogens is 210 g/mol. The Labute approximate surface area is 95.4 Å². The Balaban J connectivity index is 2.33. The lowest BCUT2D eigenvalue weighted by Crippen LogP contribution is -2.04. The molecule has 1 aromatic rings. The van der Waals surface area contributed by atoms with E-state index in [2.05, 4.69) is 17.1 Å². The van der Waals surface area contributed by atoms with Gasteiger partial charge in [-0.15, -0.1) is 10.2 Å². The molecule has 0 saturated heterocycles. The fourth-order valence-electron chi connectivity index (χ4n) is 1.16. The Bertz CT molecular complexity index is 301. The molecule has 0 aromatic carbocycles. The molecule has 0 radical (unpaired) electrons. The molecule has 1 heterocycles. The summed E-state index contributed by atoms with van der Waals surface area (Å²) in [6, 6.07) is 0. The van der Waals surface area contributed by atoms with Gasteiger partial charge in [0.2, 0.25) is 0 Å². The van der Waals surface area contributed by atoms with Crippen molar-refractivity contribution in [3.63, 3.8) is 0 Å². The quantitative estimate of drug-likeness (QED) is 0.745. The Morgan fingerprint density at radius 1 is 1.47 bits per heavy atom.